The molecule has 4 aliphatic rings. The molecule has 2 saturated carbocycles. The largest absolute Gasteiger partial charge is 0.504 e. The van der Waals surface area contributed by atoms with Crippen molar-refractivity contribution in [1.29, 1.82) is 0 Å². The molecule has 2 aliphatic heterocycles. The van der Waals surface area contributed by atoms with Crippen LogP contribution in [0.4, 0.5) is 0 Å². The number of aromatic nitrogens is 1. The summed E-state index contributed by atoms with van der Waals surface area (Å²) in [5.41, 5.74) is 0.928. The number of carboxylic acids is 1. The van der Waals surface area contributed by atoms with Gasteiger partial charge in [0.05, 0.1) is 24.0 Å². The van der Waals surface area contributed by atoms with E-state index in [1.807, 2.05) is 12.1 Å². The van der Waals surface area contributed by atoms with E-state index < -0.39 is 5.97 Å². The van der Waals surface area contributed by atoms with Crippen molar-refractivity contribution in [2.45, 2.75) is 48.3 Å². The molecule has 1 aromatic heterocycles. The summed E-state index contributed by atoms with van der Waals surface area (Å²) in [5.74, 6) is -1.28. The highest BCUT2D eigenvalue weighted by Crippen LogP contribution is 2.68. The zero-order chi connectivity index (χ0) is 26.0. The molecule has 2 bridgehead atoms. The van der Waals surface area contributed by atoms with Crippen LogP contribution in [0.2, 0.25) is 0 Å². The molecule has 2 amide bonds. The maximum atomic E-state index is 13.6. The summed E-state index contributed by atoms with van der Waals surface area (Å²) in [6.45, 7) is 0.339. The molecule has 3 heterocycles. The van der Waals surface area contributed by atoms with Crippen LogP contribution in [-0.2, 0) is 14.4 Å². The molecule has 0 radical (unpaired) electrons. The third kappa shape index (κ3) is 3.80. The fraction of sp³-hybridized carbons (Fsp3) is 0.538. The van der Waals surface area contributed by atoms with E-state index in [2.05, 4.69) is 4.98 Å². The lowest BCUT2D eigenvalue weighted by molar-refractivity contribution is -0.141. The molecule has 2 aromatic rings. The number of nitrogens with one attached hydrogen (secondary N) is 1. The van der Waals surface area contributed by atoms with Gasteiger partial charge in [0.25, 0.3) is 0 Å². The second kappa shape index (κ2) is 9.20. The predicted molar refractivity (Wildman–Crippen MR) is 136 cm³/mol. The van der Waals surface area contributed by atoms with Crippen molar-refractivity contribution < 1.29 is 29.3 Å². The number of thiazole rings is 1. The number of carboxylic acid groups (broad SMARTS) is 1. The molecule has 0 spiro atoms. The number of carbonyl (C=O) groups is 3. The predicted octanol–water partition coefficient (Wildman–Crippen LogP) is 3.27. The normalized spacial score (nSPS) is 31.4. The number of phenolic OH excluding ortho intramolecular Hbond substituents is 1. The van der Waals surface area contributed by atoms with Crippen molar-refractivity contribution in [2.75, 3.05) is 13.7 Å². The first-order valence-electron chi connectivity index (χ1n) is 12.6. The number of nitrogens with zero attached hydrogens (tertiary/aromatic N) is 1. The number of fused-ring (bicyclic) bond motifs is 9. The van der Waals surface area contributed by atoms with Gasteiger partial charge in [-0.1, -0.05) is 23.8 Å². The molecule has 1 aromatic carbocycles. The Labute approximate surface area is 221 Å². The molecule has 6 rings (SSSR count). The number of phenols is 1. The van der Waals surface area contributed by atoms with Crippen LogP contribution in [0.3, 0.4) is 0 Å². The van der Waals surface area contributed by atoms with Crippen LogP contribution in [0.25, 0.3) is 0 Å². The van der Waals surface area contributed by atoms with Crippen LogP contribution in [0.15, 0.2) is 28.0 Å². The number of H-pyrrole nitrogens is 1. The number of hydrogen-bond acceptors (Lipinski definition) is 8. The Morgan fingerprint density at radius 3 is 2.62 bits per heavy atom. The van der Waals surface area contributed by atoms with E-state index >= 15 is 0 Å². The van der Waals surface area contributed by atoms with Crippen molar-refractivity contribution >= 4 is 40.9 Å². The first kappa shape index (κ1) is 24.5. The maximum absolute atomic E-state index is 13.6. The number of rotatable bonds is 8. The Hall–Kier alpha value is -2.79. The standard InChI is InChI=1S/C26H28N2O7S2/c1-35-15-9-11(6-7-14(15)29)17-18-12-10-13(21(18)36-23-22(17)37-26(34)27-23)20-19(12)24(32)28(25(20)33)8-4-2-3-5-16(30)31/h6-7,9,12-13,17-21,29H,2-5,8,10H2,1H3,(H,27,34)(H,30,31). The van der Waals surface area contributed by atoms with Gasteiger partial charge in [0.1, 0.15) is 0 Å². The highest BCUT2D eigenvalue weighted by atomic mass is 32.2. The van der Waals surface area contributed by atoms with Crippen LogP contribution >= 0.6 is 23.1 Å². The van der Waals surface area contributed by atoms with Crippen molar-refractivity contribution in [1.82, 2.24) is 9.88 Å². The number of unbranched alkanes of at least 4 members (excludes halogenated alkanes) is 2. The smallest absolute Gasteiger partial charge is 0.305 e. The number of aliphatic carboxylic acids is 1. The lowest BCUT2D eigenvalue weighted by atomic mass is 9.68. The Balaban J connectivity index is 1.31. The molecule has 2 aliphatic carbocycles. The third-order valence-electron chi connectivity index (χ3n) is 8.65. The summed E-state index contributed by atoms with van der Waals surface area (Å²) in [5, 5.41) is 19.9. The quantitative estimate of drug-likeness (QED) is 0.340. The van der Waals surface area contributed by atoms with Crippen molar-refractivity contribution in [3.05, 3.63) is 38.3 Å². The Morgan fingerprint density at radius 1 is 1.14 bits per heavy atom. The number of methoxy groups -OCH3 is 1. The minimum Gasteiger partial charge on any atom is -0.504 e. The van der Waals surface area contributed by atoms with Gasteiger partial charge in [-0.25, -0.2) is 0 Å². The average molecular weight is 545 g/mol. The second-order valence-corrected chi connectivity index (χ2v) is 12.6. The number of carbonyl (C=O) groups excluding carboxylic acids is 2. The number of benzene rings is 1. The SMILES string of the molecule is COc1cc(C2c3sc(=O)[nH]c3SC3C4CC(C5C(=O)N(CCCCCC(=O)O)C(=O)C45)C23)ccc1O. The summed E-state index contributed by atoms with van der Waals surface area (Å²) < 4.78 is 5.37. The monoisotopic (exact) mass is 544 g/mol. The molecule has 7 unspecified atom stereocenters. The molecule has 11 heteroatoms. The first-order chi connectivity index (χ1) is 17.8. The summed E-state index contributed by atoms with van der Waals surface area (Å²) in [6.07, 6.45) is 2.70. The van der Waals surface area contributed by atoms with E-state index in [0.717, 1.165) is 21.9 Å². The van der Waals surface area contributed by atoms with Crippen LogP contribution in [-0.4, -0.2) is 56.8 Å². The van der Waals surface area contributed by atoms with Gasteiger partial charge in [-0.3, -0.25) is 24.1 Å². The number of thioether (sulfide) groups is 1. The van der Waals surface area contributed by atoms with Crippen LogP contribution in [0, 0.1) is 29.6 Å². The molecule has 7 atom stereocenters. The van der Waals surface area contributed by atoms with Crippen molar-refractivity contribution in [3.63, 3.8) is 0 Å². The van der Waals surface area contributed by atoms with E-state index in [1.165, 1.54) is 23.3 Å². The minimum absolute atomic E-state index is 0.0242. The lowest BCUT2D eigenvalue weighted by Gasteiger charge is -2.43. The minimum atomic E-state index is -0.838. The van der Waals surface area contributed by atoms with Gasteiger partial charge in [-0.2, -0.15) is 0 Å². The van der Waals surface area contributed by atoms with Gasteiger partial charge in [0, 0.05) is 29.0 Å². The number of likely N-dealkylation sites (tertiary alicyclic amines) is 1. The van der Waals surface area contributed by atoms with Gasteiger partial charge in [0.2, 0.25) is 11.8 Å². The average Bonchev–Trinajstić information content (AvgIpc) is 3.59. The highest BCUT2D eigenvalue weighted by Gasteiger charge is 2.69. The third-order valence-corrected chi connectivity index (χ3v) is 11.2. The van der Waals surface area contributed by atoms with Crippen molar-refractivity contribution in [3.8, 4) is 11.5 Å². The molecule has 9 nitrogen and oxygen atoms in total. The van der Waals surface area contributed by atoms with E-state index in [-0.39, 0.29) is 69.6 Å². The van der Waals surface area contributed by atoms with Crippen LogP contribution in [0.1, 0.15) is 48.5 Å². The molecular weight excluding hydrogens is 516 g/mol. The number of hydrogen-bond donors (Lipinski definition) is 3. The summed E-state index contributed by atoms with van der Waals surface area (Å²) >= 11 is 2.83. The number of aromatic hydroxyl groups is 1. The van der Waals surface area contributed by atoms with Gasteiger partial charge in [0.15, 0.2) is 11.5 Å². The van der Waals surface area contributed by atoms with Gasteiger partial charge >= 0.3 is 10.8 Å². The van der Waals surface area contributed by atoms with Gasteiger partial charge < -0.3 is 19.9 Å². The Bertz CT molecular complexity index is 1340. The molecule has 37 heavy (non-hydrogen) atoms. The lowest BCUT2D eigenvalue weighted by Crippen LogP contribution is -2.42. The number of ether oxygens (including phenoxy) is 1. The Morgan fingerprint density at radius 2 is 1.89 bits per heavy atom. The second-order valence-electron chi connectivity index (χ2n) is 10.4. The summed E-state index contributed by atoms with van der Waals surface area (Å²) in [6, 6.07) is 5.28. The molecule has 196 valence electrons. The van der Waals surface area contributed by atoms with E-state index in [1.54, 1.807) is 17.8 Å². The molecular formula is C26H28N2O7S2. The zero-order valence-corrected chi connectivity index (χ0v) is 21.8. The van der Waals surface area contributed by atoms with E-state index in [4.69, 9.17) is 9.84 Å². The van der Waals surface area contributed by atoms with Gasteiger partial charge in [-0.15, -0.1) is 11.8 Å². The topological polar surface area (TPSA) is 137 Å². The summed E-state index contributed by atoms with van der Waals surface area (Å²) in [4.78, 5) is 55.4. The molecule has 3 fully saturated rings. The number of amides is 2. The van der Waals surface area contributed by atoms with E-state index in [0.29, 0.717) is 31.6 Å². The molecule has 3 N–H and O–H groups in total. The summed E-state index contributed by atoms with van der Waals surface area (Å²) in [7, 11) is 1.50. The van der Waals surface area contributed by atoms with Gasteiger partial charge in [-0.05, 0) is 54.7 Å². The van der Waals surface area contributed by atoms with Crippen molar-refractivity contribution in [2.24, 2.45) is 29.6 Å². The highest BCUT2D eigenvalue weighted by molar-refractivity contribution is 8.00. The van der Waals surface area contributed by atoms with Crippen LogP contribution in [0.5, 0.6) is 11.5 Å². The zero-order valence-electron chi connectivity index (χ0n) is 20.2. The number of imide groups is 1. The van der Waals surface area contributed by atoms with Crippen LogP contribution < -0.4 is 9.61 Å². The number of aromatic amines is 1. The van der Waals surface area contributed by atoms with E-state index in [9.17, 15) is 24.3 Å². The maximum Gasteiger partial charge on any atom is 0.305 e. The molecule has 1 saturated heterocycles. The fourth-order valence-electron chi connectivity index (χ4n) is 7.28. The Kier molecular flexibility index (Phi) is 6.10. The fourth-order valence-corrected chi connectivity index (χ4v) is 10.2. The first-order valence-corrected chi connectivity index (χ1v) is 14.3.